The number of aromatic nitrogens is 1. The SMILES string of the molecule is O=C(Cc1csc(-c2cccc(F)c2)n1)NC(c1ccccc1)C1CC1. The van der Waals surface area contributed by atoms with Gasteiger partial charge in [-0.2, -0.15) is 0 Å². The summed E-state index contributed by atoms with van der Waals surface area (Å²) in [6, 6.07) is 16.5. The molecule has 2 aromatic carbocycles. The molecule has 3 nitrogen and oxygen atoms in total. The van der Waals surface area contributed by atoms with Gasteiger partial charge in [0.1, 0.15) is 10.8 Å². The summed E-state index contributed by atoms with van der Waals surface area (Å²) >= 11 is 1.43. The lowest BCUT2D eigenvalue weighted by Crippen LogP contribution is -2.31. The molecule has 1 aromatic heterocycles. The van der Waals surface area contributed by atoms with E-state index in [1.54, 1.807) is 6.07 Å². The summed E-state index contributed by atoms with van der Waals surface area (Å²) in [5.74, 6) is 0.216. The number of benzene rings is 2. The number of thiazole rings is 1. The molecule has 1 heterocycles. The molecule has 0 aliphatic heterocycles. The first kappa shape index (κ1) is 16.9. The Morgan fingerprint density at radius 3 is 2.73 bits per heavy atom. The minimum Gasteiger partial charge on any atom is -0.349 e. The third kappa shape index (κ3) is 3.99. The molecule has 1 unspecified atom stereocenters. The molecule has 0 spiro atoms. The normalized spacial score (nSPS) is 14.8. The maximum absolute atomic E-state index is 13.4. The van der Waals surface area contributed by atoms with Gasteiger partial charge < -0.3 is 5.32 Å². The second-order valence-corrected chi connectivity index (χ2v) is 7.48. The van der Waals surface area contributed by atoms with Crippen molar-refractivity contribution in [3.63, 3.8) is 0 Å². The summed E-state index contributed by atoms with van der Waals surface area (Å²) in [5, 5.41) is 5.77. The smallest absolute Gasteiger partial charge is 0.226 e. The molecule has 1 atom stereocenters. The summed E-state index contributed by atoms with van der Waals surface area (Å²) in [5.41, 5.74) is 2.61. The van der Waals surface area contributed by atoms with Gasteiger partial charge in [0.25, 0.3) is 0 Å². The van der Waals surface area contributed by atoms with E-state index in [-0.39, 0.29) is 24.2 Å². The van der Waals surface area contributed by atoms with E-state index in [9.17, 15) is 9.18 Å². The van der Waals surface area contributed by atoms with E-state index >= 15 is 0 Å². The first-order chi connectivity index (χ1) is 12.7. The third-order valence-corrected chi connectivity index (χ3v) is 5.47. The van der Waals surface area contributed by atoms with E-state index < -0.39 is 0 Å². The maximum Gasteiger partial charge on any atom is 0.226 e. The van der Waals surface area contributed by atoms with Crippen LogP contribution in [0.1, 0.15) is 30.1 Å². The molecule has 0 saturated heterocycles. The highest BCUT2D eigenvalue weighted by atomic mass is 32.1. The molecule has 1 fully saturated rings. The first-order valence-corrected chi connectivity index (χ1v) is 9.61. The molecule has 1 aliphatic carbocycles. The molecule has 0 radical (unpaired) electrons. The van der Waals surface area contributed by atoms with Crippen LogP contribution in [0.25, 0.3) is 10.6 Å². The van der Waals surface area contributed by atoms with E-state index in [1.807, 2.05) is 29.6 Å². The number of hydrogen-bond acceptors (Lipinski definition) is 3. The van der Waals surface area contributed by atoms with Crippen molar-refractivity contribution >= 4 is 17.2 Å². The van der Waals surface area contributed by atoms with Crippen molar-refractivity contribution in [2.75, 3.05) is 0 Å². The number of nitrogens with one attached hydrogen (secondary N) is 1. The van der Waals surface area contributed by atoms with Crippen LogP contribution in [0.3, 0.4) is 0 Å². The fourth-order valence-electron chi connectivity index (χ4n) is 3.09. The Kier molecular flexibility index (Phi) is 4.80. The van der Waals surface area contributed by atoms with E-state index in [0.29, 0.717) is 5.92 Å². The second kappa shape index (κ2) is 7.38. The van der Waals surface area contributed by atoms with Crippen LogP contribution < -0.4 is 5.32 Å². The molecule has 1 amide bonds. The minimum absolute atomic E-state index is 0.0261. The van der Waals surface area contributed by atoms with Gasteiger partial charge in [0.15, 0.2) is 0 Å². The highest BCUT2D eigenvalue weighted by molar-refractivity contribution is 7.13. The Balaban J connectivity index is 1.43. The van der Waals surface area contributed by atoms with Gasteiger partial charge in [0.05, 0.1) is 18.2 Å². The molecule has 5 heteroatoms. The monoisotopic (exact) mass is 366 g/mol. The number of carbonyl (C=O) groups excluding carboxylic acids is 1. The lowest BCUT2D eigenvalue weighted by atomic mass is 10.0. The molecule has 1 N–H and O–H groups in total. The highest BCUT2D eigenvalue weighted by Crippen LogP contribution is 2.41. The van der Waals surface area contributed by atoms with Crippen LogP contribution in [-0.4, -0.2) is 10.9 Å². The van der Waals surface area contributed by atoms with Crippen LogP contribution in [0, 0.1) is 11.7 Å². The molecule has 1 saturated carbocycles. The predicted octanol–water partition coefficient (Wildman–Crippen LogP) is 4.76. The predicted molar refractivity (Wildman–Crippen MR) is 101 cm³/mol. The van der Waals surface area contributed by atoms with Gasteiger partial charge in [-0.3, -0.25) is 4.79 Å². The van der Waals surface area contributed by atoms with Crippen molar-refractivity contribution in [2.45, 2.75) is 25.3 Å². The largest absolute Gasteiger partial charge is 0.349 e. The number of amides is 1. The Morgan fingerprint density at radius 2 is 2.00 bits per heavy atom. The minimum atomic E-state index is -0.285. The van der Waals surface area contributed by atoms with Crippen LogP contribution in [-0.2, 0) is 11.2 Å². The molecule has 1 aliphatic rings. The van der Waals surface area contributed by atoms with Gasteiger partial charge in [-0.05, 0) is 36.5 Å². The average molecular weight is 366 g/mol. The van der Waals surface area contributed by atoms with Gasteiger partial charge in [0, 0.05) is 10.9 Å². The van der Waals surface area contributed by atoms with Crippen LogP contribution >= 0.6 is 11.3 Å². The quantitative estimate of drug-likeness (QED) is 0.683. The fourth-order valence-corrected chi connectivity index (χ4v) is 3.91. The standard InChI is InChI=1S/C21H19FN2OS/c22-17-8-4-7-16(11-17)21-23-18(13-26-21)12-19(25)24-20(15-9-10-15)14-5-2-1-3-6-14/h1-8,11,13,15,20H,9-10,12H2,(H,24,25). The fraction of sp³-hybridized carbons (Fsp3) is 0.238. The summed E-state index contributed by atoms with van der Waals surface area (Å²) in [7, 11) is 0. The van der Waals surface area contributed by atoms with E-state index in [2.05, 4.69) is 22.4 Å². The summed E-state index contributed by atoms with van der Waals surface area (Å²) < 4.78 is 13.4. The topological polar surface area (TPSA) is 42.0 Å². The van der Waals surface area contributed by atoms with Gasteiger partial charge in [-0.1, -0.05) is 42.5 Å². The maximum atomic E-state index is 13.4. The molecule has 26 heavy (non-hydrogen) atoms. The summed E-state index contributed by atoms with van der Waals surface area (Å²) in [6.07, 6.45) is 2.54. The van der Waals surface area contributed by atoms with Crippen molar-refractivity contribution < 1.29 is 9.18 Å². The lowest BCUT2D eigenvalue weighted by molar-refractivity contribution is -0.121. The molecule has 3 aromatic rings. The van der Waals surface area contributed by atoms with Gasteiger partial charge in [-0.25, -0.2) is 9.37 Å². The number of rotatable bonds is 6. The zero-order valence-electron chi connectivity index (χ0n) is 14.2. The van der Waals surface area contributed by atoms with Crippen LogP contribution in [0.15, 0.2) is 60.0 Å². The number of nitrogens with zero attached hydrogens (tertiary/aromatic N) is 1. The number of halogens is 1. The van der Waals surface area contributed by atoms with Crippen LogP contribution in [0.5, 0.6) is 0 Å². The molecule has 0 bridgehead atoms. The van der Waals surface area contributed by atoms with Gasteiger partial charge in [0.2, 0.25) is 5.91 Å². The van der Waals surface area contributed by atoms with E-state index in [4.69, 9.17) is 0 Å². The van der Waals surface area contributed by atoms with Gasteiger partial charge >= 0.3 is 0 Å². The summed E-state index contributed by atoms with van der Waals surface area (Å²) in [4.78, 5) is 17.0. The highest BCUT2D eigenvalue weighted by Gasteiger charge is 2.33. The Morgan fingerprint density at radius 1 is 1.19 bits per heavy atom. The Labute approximate surface area is 155 Å². The van der Waals surface area contributed by atoms with E-state index in [0.717, 1.165) is 34.7 Å². The van der Waals surface area contributed by atoms with Crippen LogP contribution in [0.2, 0.25) is 0 Å². The Hall–Kier alpha value is -2.53. The van der Waals surface area contributed by atoms with Crippen molar-refractivity contribution in [2.24, 2.45) is 5.92 Å². The number of carbonyl (C=O) groups is 1. The molecule has 132 valence electrons. The van der Waals surface area contributed by atoms with Crippen molar-refractivity contribution in [1.82, 2.24) is 10.3 Å². The Bertz CT molecular complexity index is 905. The summed E-state index contributed by atoms with van der Waals surface area (Å²) in [6.45, 7) is 0. The van der Waals surface area contributed by atoms with Crippen molar-refractivity contribution in [3.8, 4) is 10.6 Å². The van der Waals surface area contributed by atoms with E-state index in [1.165, 1.54) is 23.5 Å². The second-order valence-electron chi connectivity index (χ2n) is 6.62. The molecule has 4 rings (SSSR count). The first-order valence-electron chi connectivity index (χ1n) is 8.74. The lowest BCUT2D eigenvalue weighted by Gasteiger charge is -2.18. The molecular formula is C21H19FN2OS. The third-order valence-electron chi connectivity index (χ3n) is 4.53. The zero-order chi connectivity index (χ0) is 17.9. The zero-order valence-corrected chi connectivity index (χ0v) is 15.0. The average Bonchev–Trinajstić information content (AvgIpc) is 3.39. The molecular weight excluding hydrogens is 347 g/mol. The van der Waals surface area contributed by atoms with Crippen molar-refractivity contribution in [3.05, 3.63) is 77.1 Å². The number of hydrogen-bond donors (Lipinski definition) is 1. The van der Waals surface area contributed by atoms with Gasteiger partial charge in [-0.15, -0.1) is 11.3 Å². The van der Waals surface area contributed by atoms with Crippen molar-refractivity contribution in [1.29, 1.82) is 0 Å². The van der Waals surface area contributed by atoms with Crippen LogP contribution in [0.4, 0.5) is 4.39 Å².